The van der Waals surface area contributed by atoms with Crippen LogP contribution >= 0.6 is 0 Å². The van der Waals surface area contributed by atoms with Crippen molar-refractivity contribution in [3.8, 4) is 12.5 Å². The Morgan fingerprint density at radius 1 is 1.42 bits per heavy atom. The number of rotatable bonds is 0. The molecule has 0 bridgehead atoms. The number of aliphatic hydroxyl groups excluding tert-OH is 2. The number of aromatic amines is 1. The van der Waals surface area contributed by atoms with Crippen molar-refractivity contribution in [2.45, 2.75) is 0 Å². The average Bonchev–Trinajstić information content (AvgIpc) is 2.43. The Kier molecular flexibility index (Phi) is 11.7. The van der Waals surface area contributed by atoms with Crippen LogP contribution < -0.4 is 5.73 Å². The van der Waals surface area contributed by atoms with Gasteiger partial charge in [-0.15, -0.1) is 0 Å². The molecule has 0 saturated heterocycles. The minimum absolute atomic E-state index is 0.468. The quantitative estimate of drug-likeness (QED) is 0.391. The van der Waals surface area contributed by atoms with Gasteiger partial charge >= 0.3 is 0 Å². The van der Waals surface area contributed by atoms with Crippen molar-refractivity contribution in [2.24, 2.45) is 0 Å². The maximum absolute atomic E-state index is 6.88. The summed E-state index contributed by atoms with van der Waals surface area (Å²) in [5, 5.41) is 27.5. The fourth-order valence-corrected chi connectivity index (χ4v) is 0.277. The van der Waals surface area contributed by atoms with E-state index >= 15 is 0 Å². The van der Waals surface area contributed by atoms with E-state index in [9.17, 15) is 0 Å². The summed E-state index contributed by atoms with van der Waals surface area (Å²) in [6, 6.07) is 0. The Balaban J connectivity index is 0. The highest BCUT2D eigenvalue weighted by molar-refractivity contribution is 5.11. The van der Waals surface area contributed by atoms with E-state index in [0.29, 0.717) is 5.95 Å². The van der Waals surface area contributed by atoms with Crippen LogP contribution in [0.5, 0.6) is 0 Å². The van der Waals surface area contributed by atoms with E-state index in [1.807, 2.05) is 0 Å². The van der Waals surface area contributed by atoms with E-state index in [1.165, 1.54) is 0 Å². The van der Waals surface area contributed by atoms with Crippen LogP contribution in [0.1, 0.15) is 0 Å². The summed E-state index contributed by atoms with van der Waals surface area (Å²) in [7, 11) is 0. The molecule has 0 aliphatic rings. The number of nitrogen functional groups attached to an aromatic ring is 1. The summed E-state index contributed by atoms with van der Waals surface area (Å²) < 4.78 is 0. The first-order valence-electron chi connectivity index (χ1n) is 2.54. The maximum atomic E-state index is 6.88. The minimum atomic E-state index is 0.468. The number of aliphatic hydroxyl groups is 2. The Labute approximate surface area is 68.3 Å². The second kappa shape index (κ2) is 11.4. The molecule has 1 aromatic heterocycles. The van der Waals surface area contributed by atoms with Crippen LogP contribution in [-0.2, 0) is 0 Å². The summed E-state index contributed by atoms with van der Waals surface area (Å²) in [6.07, 6.45) is 4.78. The molecule has 1 aromatic rings. The van der Waals surface area contributed by atoms with Crippen LogP contribution in [0.15, 0.2) is 12.4 Å². The van der Waals surface area contributed by atoms with Gasteiger partial charge in [-0.3, -0.25) is 0 Å². The zero-order chi connectivity index (χ0) is 9.82. The van der Waals surface area contributed by atoms with Gasteiger partial charge in [0.15, 0.2) is 5.95 Å². The fraction of sp³-hybridized carbons (Fsp3) is 0. The Morgan fingerprint density at radius 2 is 1.83 bits per heavy atom. The number of imidazole rings is 1. The molecule has 0 aliphatic heterocycles. The predicted molar refractivity (Wildman–Crippen MR) is 38.1 cm³/mol. The Morgan fingerprint density at radius 3 is 1.92 bits per heavy atom. The molecule has 7 nitrogen and oxygen atoms in total. The van der Waals surface area contributed by atoms with E-state index in [0.717, 1.165) is 12.5 Å². The molecular formula is C5H7N5O2. The SMILES string of the molecule is N#CO.N#CO.Nc1ncc[nH]1. The number of nitrogens with two attached hydrogens (primary N) is 1. The van der Waals surface area contributed by atoms with Crippen molar-refractivity contribution >= 4 is 5.95 Å². The summed E-state index contributed by atoms with van der Waals surface area (Å²) in [6.45, 7) is 0. The van der Waals surface area contributed by atoms with Gasteiger partial charge in [-0.2, -0.15) is 10.5 Å². The number of nitrogens with one attached hydrogen (secondary N) is 1. The van der Waals surface area contributed by atoms with Crippen LogP contribution in [0.4, 0.5) is 5.95 Å². The topological polar surface area (TPSA) is 143 Å². The van der Waals surface area contributed by atoms with Crippen molar-refractivity contribution < 1.29 is 10.2 Å². The van der Waals surface area contributed by atoms with Gasteiger partial charge in [-0.05, 0) is 0 Å². The number of hydrogen-bond donors (Lipinski definition) is 4. The van der Waals surface area contributed by atoms with E-state index < -0.39 is 0 Å². The van der Waals surface area contributed by atoms with Gasteiger partial charge in [0.05, 0.1) is 0 Å². The van der Waals surface area contributed by atoms with Crippen molar-refractivity contribution in [1.29, 1.82) is 10.5 Å². The summed E-state index contributed by atoms with van der Waals surface area (Å²) >= 11 is 0. The lowest BCUT2D eigenvalue weighted by Gasteiger charge is -1.70. The molecule has 64 valence electrons. The van der Waals surface area contributed by atoms with E-state index in [1.54, 1.807) is 12.4 Å². The average molecular weight is 169 g/mol. The lowest BCUT2D eigenvalue weighted by Crippen LogP contribution is -1.83. The van der Waals surface area contributed by atoms with Gasteiger partial charge in [0.2, 0.25) is 0 Å². The number of nitrogens with zero attached hydrogens (tertiary/aromatic N) is 3. The van der Waals surface area contributed by atoms with Crippen molar-refractivity contribution in [3.63, 3.8) is 0 Å². The summed E-state index contributed by atoms with van der Waals surface area (Å²) in [4.78, 5) is 6.31. The molecular weight excluding hydrogens is 162 g/mol. The normalized spacial score (nSPS) is 5.50. The van der Waals surface area contributed by atoms with Crippen molar-refractivity contribution in [3.05, 3.63) is 12.4 Å². The second-order valence-corrected chi connectivity index (χ2v) is 1.17. The summed E-state index contributed by atoms with van der Waals surface area (Å²) in [5.41, 5.74) is 5.11. The largest absolute Gasteiger partial charge is 0.443 e. The highest BCUT2D eigenvalue weighted by Gasteiger charge is 1.74. The molecule has 1 heterocycles. The highest BCUT2D eigenvalue weighted by atomic mass is 16.2. The number of hydrogen-bond acceptors (Lipinski definition) is 6. The predicted octanol–water partition coefficient (Wildman–Crippen LogP) is -0.328. The van der Waals surface area contributed by atoms with Gasteiger partial charge in [0.25, 0.3) is 12.5 Å². The van der Waals surface area contributed by atoms with Crippen LogP contribution in [0.2, 0.25) is 0 Å². The molecule has 0 atom stereocenters. The Bertz CT molecular complexity index is 232. The molecule has 0 unspecified atom stereocenters. The van der Waals surface area contributed by atoms with E-state index in [2.05, 4.69) is 9.97 Å². The number of anilines is 1. The first-order valence-corrected chi connectivity index (χ1v) is 2.54. The molecule has 0 amide bonds. The number of nitriles is 2. The number of H-pyrrole nitrogens is 1. The van der Waals surface area contributed by atoms with Gasteiger partial charge in [0, 0.05) is 12.4 Å². The third-order valence-electron chi connectivity index (χ3n) is 0.519. The molecule has 0 saturated carbocycles. The van der Waals surface area contributed by atoms with Gasteiger partial charge in [0.1, 0.15) is 0 Å². The van der Waals surface area contributed by atoms with Crippen LogP contribution in [0.3, 0.4) is 0 Å². The smallest absolute Gasteiger partial charge is 0.283 e. The lowest BCUT2D eigenvalue weighted by atomic mass is 11.0. The van der Waals surface area contributed by atoms with Gasteiger partial charge < -0.3 is 20.9 Å². The fourth-order valence-electron chi connectivity index (χ4n) is 0.277. The maximum Gasteiger partial charge on any atom is 0.283 e. The molecule has 0 aliphatic carbocycles. The third-order valence-corrected chi connectivity index (χ3v) is 0.519. The van der Waals surface area contributed by atoms with Crippen LogP contribution in [0, 0.1) is 23.0 Å². The number of aromatic nitrogens is 2. The second-order valence-electron chi connectivity index (χ2n) is 1.17. The molecule has 12 heavy (non-hydrogen) atoms. The van der Waals surface area contributed by atoms with Crippen molar-refractivity contribution in [1.82, 2.24) is 9.97 Å². The lowest BCUT2D eigenvalue weighted by molar-refractivity contribution is 0.502. The summed E-state index contributed by atoms with van der Waals surface area (Å²) in [5.74, 6) is 0.468. The zero-order valence-electron chi connectivity index (χ0n) is 5.97. The monoisotopic (exact) mass is 169 g/mol. The first kappa shape index (κ1) is 12.3. The van der Waals surface area contributed by atoms with E-state index in [4.69, 9.17) is 26.5 Å². The van der Waals surface area contributed by atoms with Crippen molar-refractivity contribution in [2.75, 3.05) is 5.73 Å². The first-order chi connectivity index (χ1) is 5.72. The molecule has 0 aromatic carbocycles. The molecule has 7 heteroatoms. The molecule has 0 spiro atoms. The molecule has 0 fully saturated rings. The minimum Gasteiger partial charge on any atom is -0.443 e. The molecule has 5 N–H and O–H groups in total. The van der Waals surface area contributed by atoms with Crippen LogP contribution in [-0.4, -0.2) is 20.2 Å². The molecule has 0 radical (unpaired) electrons. The highest BCUT2D eigenvalue weighted by Crippen LogP contribution is 1.81. The van der Waals surface area contributed by atoms with Gasteiger partial charge in [-0.1, -0.05) is 0 Å². The Hall–Kier alpha value is -2.41. The standard InChI is InChI=1S/C3H5N3.2CHNO/c4-3-5-1-2-6-3;2*2-1-3/h1-2H,(H3,4,5,6);2*3H. The van der Waals surface area contributed by atoms with Gasteiger partial charge in [-0.25, -0.2) is 4.98 Å². The van der Waals surface area contributed by atoms with Crippen LogP contribution in [0.25, 0.3) is 0 Å². The zero-order valence-corrected chi connectivity index (χ0v) is 5.97. The van der Waals surface area contributed by atoms with E-state index in [-0.39, 0.29) is 0 Å². The third kappa shape index (κ3) is 15.6. The molecule has 1 rings (SSSR count).